The van der Waals surface area contributed by atoms with E-state index in [1.807, 2.05) is 28.8 Å². The van der Waals surface area contributed by atoms with Crippen LogP contribution in [0.2, 0.25) is 0 Å². The Hall–Kier alpha value is -2.98. The summed E-state index contributed by atoms with van der Waals surface area (Å²) < 4.78 is 3.49. The van der Waals surface area contributed by atoms with Crippen LogP contribution >= 0.6 is 12.6 Å². The Morgan fingerprint density at radius 3 is 2.69 bits per heavy atom. The quantitative estimate of drug-likeness (QED) is 0.504. The first-order valence-corrected chi connectivity index (χ1v) is 9.91. The monoisotopic (exact) mass is 408 g/mol. The van der Waals surface area contributed by atoms with Gasteiger partial charge in [-0.25, -0.2) is 24.6 Å². The predicted molar refractivity (Wildman–Crippen MR) is 114 cm³/mol. The molecule has 1 aliphatic heterocycles. The number of likely N-dealkylation sites (N-methyl/N-ethyl adjacent to an activating group) is 1. The number of rotatable bonds is 3. The third kappa shape index (κ3) is 3.04. The van der Waals surface area contributed by atoms with E-state index in [4.69, 9.17) is 17.6 Å². The van der Waals surface area contributed by atoms with E-state index in [2.05, 4.69) is 31.9 Å². The van der Waals surface area contributed by atoms with Crippen LogP contribution in [0, 0.1) is 0 Å². The molecule has 0 radical (unpaired) electrons. The normalized spacial score (nSPS) is 16.6. The highest BCUT2D eigenvalue weighted by atomic mass is 32.1. The molecule has 0 bridgehead atoms. The molecule has 10 heteroatoms. The molecule has 1 atom stereocenters. The first-order chi connectivity index (χ1) is 14.1. The molecule has 1 fully saturated rings. The number of aromatic nitrogens is 6. The van der Waals surface area contributed by atoms with Crippen LogP contribution in [0.4, 0.5) is 0 Å². The molecule has 148 valence electrons. The molecule has 1 unspecified atom stereocenters. The number of fused-ring (bicyclic) bond motifs is 2. The van der Waals surface area contributed by atoms with Gasteiger partial charge in [-0.05, 0) is 19.2 Å². The summed E-state index contributed by atoms with van der Waals surface area (Å²) >= 11 is 4.83. The number of piperazine rings is 1. The summed E-state index contributed by atoms with van der Waals surface area (Å²) in [6.45, 7) is 3.21. The van der Waals surface area contributed by atoms with Gasteiger partial charge < -0.3 is 9.91 Å². The fraction of sp³-hybridized carbons (Fsp3) is 0.316. The second-order valence-corrected chi connectivity index (χ2v) is 7.61. The van der Waals surface area contributed by atoms with E-state index >= 15 is 0 Å². The SMILES string of the molecule is CN1CCN(n2c(C(S)n3cnc4cncnc43)nc3ccccc3c2=O)CC1. The van der Waals surface area contributed by atoms with E-state index in [1.165, 1.54) is 6.33 Å². The number of hydrogen-bond acceptors (Lipinski definition) is 8. The maximum atomic E-state index is 13.5. The van der Waals surface area contributed by atoms with Gasteiger partial charge >= 0.3 is 0 Å². The maximum absolute atomic E-state index is 13.5. The van der Waals surface area contributed by atoms with Crippen LogP contribution in [0.1, 0.15) is 11.2 Å². The van der Waals surface area contributed by atoms with Gasteiger partial charge in [0, 0.05) is 26.2 Å². The lowest BCUT2D eigenvalue weighted by Crippen LogP contribution is -2.54. The molecule has 0 saturated carbocycles. The second kappa shape index (κ2) is 7.12. The van der Waals surface area contributed by atoms with Gasteiger partial charge in [0.2, 0.25) is 0 Å². The number of nitrogens with zero attached hydrogens (tertiary/aromatic N) is 8. The van der Waals surface area contributed by atoms with Gasteiger partial charge in [-0.15, -0.1) is 12.6 Å². The average molecular weight is 408 g/mol. The van der Waals surface area contributed by atoms with Crippen molar-refractivity contribution in [2.75, 3.05) is 38.2 Å². The van der Waals surface area contributed by atoms with Crippen molar-refractivity contribution in [3.63, 3.8) is 0 Å². The van der Waals surface area contributed by atoms with Gasteiger partial charge in [0.25, 0.3) is 5.56 Å². The first-order valence-electron chi connectivity index (χ1n) is 9.39. The summed E-state index contributed by atoms with van der Waals surface area (Å²) in [6.07, 6.45) is 4.79. The van der Waals surface area contributed by atoms with Gasteiger partial charge in [0.05, 0.1) is 23.4 Å². The minimum absolute atomic E-state index is 0.0896. The molecular weight excluding hydrogens is 388 g/mol. The Labute approximate surface area is 172 Å². The summed E-state index contributed by atoms with van der Waals surface area (Å²) in [5.74, 6) is 0.541. The summed E-state index contributed by atoms with van der Waals surface area (Å²) in [6, 6.07) is 7.40. The van der Waals surface area contributed by atoms with Crippen molar-refractivity contribution < 1.29 is 0 Å². The zero-order valence-electron chi connectivity index (χ0n) is 15.9. The third-order valence-electron chi connectivity index (χ3n) is 5.27. The average Bonchev–Trinajstić information content (AvgIpc) is 3.18. The van der Waals surface area contributed by atoms with E-state index in [1.54, 1.807) is 17.2 Å². The van der Waals surface area contributed by atoms with Crippen LogP contribution in [0.5, 0.6) is 0 Å². The summed E-state index contributed by atoms with van der Waals surface area (Å²) in [5.41, 5.74) is 1.87. The summed E-state index contributed by atoms with van der Waals surface area (Å²) in [4.78, 5) is 33.2. The number of thiol groups is 1. The molecule has 0 amide bonds. The van der Waals surface area contributed by atoms with Crippen LogP contribution in [0.25, 0.3) is 22.1 Å². The van der Waals surface area contributed by atoms with Crippen LogP contribution in [0.15, 0.2) is 47.9 Å². The Morgan fingerprint density at radius 2 is 1.86 bits per heavy atom. The third-order valence-corrected chi connectivity index (χ3v) is 5.75. The van der Waals surface area contributed by atoms with Crippen molar-refractivity contribution >= 4 is 34.7 Å². The zero-order valence-corrected chi connectivity index (χ0v) is 16.8. The zero-order chi connectivity index (χ0) is 20.0. The van der Waals surface area contributed by atoms with Crippen molar-refractivity contribution in [2.45, 2.75) is 5.37 Å². The van der Waals surface area contributed by atoms with Crippen LogP contribution in [-0.4, -0.2) is 67.3 Å². The van der Waals surface area contributed by atoms with Gasteiger partial charge in [-0.1, -0.05) is 12.1 Å². The Morgan fingerprint density at radius 1 is 1.07 bits per heavy atom. The molecule has 0 aliphatic carbocycles. The molecule has 1 aromatic carbocycles. The maximum Gasteiger partial charge on any atom is 0.280 e. The minimum atomic E-state index is -0.535. The van der Waals surface area contributed by atoms with Gasteiger partial charge in [0.1, 0.15) is 17.2 Å². The lowest BCUT2D eigenvalue weighted by molar-refractivity contribution is 0.282. The second-order valence-electron chi connectivity index (χ2n) is 7.12. The lowest BCUT2D eigenvalue weighted by Gasteiger charge is -2.36. The van der Waals surface area contributed by atoms with E-state index in [0.29, 0.717) is 27.9 Å². The van der Waals surface area contributed by atoms with E-state index in [9.17, 15) is 4.79 Å². The number of benzene rings is 1. The van der Waals surface area contributed by atoms with Crippen molar-refractivity contribution in [3.05, 3.63) is 59.3 Å². The predicted octanol–water partition coefficient (Wildman–Crippen LogP) is 0.896. The van der Waals surface area contributed by atoms with Gasteiger partial charge in [-0.3, -0.25) is 9.36 Å². The molecule has 4 aromatic rings. The molecule has 1 aliphatic rings. The molecule has 3 aromatic heterocycles. The first kappa shape index (κ1) is 18.1. The fourth-order valence-corrected chi connectivity index (χ4v) is 4.00. The molecule has 0 spiro atoms. The number of para-hydroxylation sites is 1. The van der Waals surface area contributed by atoms with Crippen LogP contribution in [0.3, 0.4) is 0 Å². The highest BCUT2D eigenvalue weighted by Crippen LogP contribution is 2.25. The highest BCUT2D eigenvalue weighted by molar-refractivity contribution is 7.80. The topological polar surface area (TPSA) is 85.0 Å². The summed E-state index contributed by atoms with van der Waals surface area (Å²) in [5, 5.41) is 2.11. The van der Waals surface area contributed by atoms with Gasteiger partial charge in [-0.2, -0.15) is 0 Å². The molecule has 0 N–H and O–H groups in total. The Kier molecular flexibility index (Phi) is 4.44. The molecule has 29 heavy (non-hydrogen) atoms. The van der Waals surface area contributed by atoms with Crippen molar-refractivity contribution in [3.8, 4) is 0 Å². The number of hydrogen-bond donors (Lipinski definition) is 1. The van der Waals surface area contributed by atoms with Crippen molar-refractivity contribution in [1.29, 1.82) is 0 Å². The fourth-order valence-electron chi connectivity index (χ4n) is 3.67. The number of imidazole rings is 1. The van der Waals surface area contributed by atoms with E-state index in [-0.39, 0.29) is 5.56 Å². The molecule has 5 rings (SSSR count). The highest BCUT2D eigenvalue weighted by Gasteiger charge is 2.25. The summed E-state index contributed by atoms with van der Waals surface area (Å²) in [7, 11) is 2.08. The largest absolute Gasteiger partial charge is 0.306 e. The van der Waals surface area contributed by atoms with Crippen LogP contribution < -0.4 is 10.6 Å². The van der Waals surface area contributed by atoms with Crippen molar-refractivity contribution in [2.24, 2.45) is 0 Å². The Bertz CT molecular complexity index is 1240. The van der Waals surface area contributed by atoms with E-state index < -0.39 is 5.37 Å². The Balaban J connectivity index is 1.71. The van der Waals surface area contributed by atoms with Crippen molar-refractivity contribution in [1.82, 2.24) is 34.1 Å². The van der Waals surface area contributed by atoms with Gasteiger partial charge in [0.15, 0.2) is 11.5 Å². The standard InChI is InChI=1S/C19H20N8OS/c1-24-6-8-25(9-7-24)27-17(23-14-5-3-2-4-13(14)18(27)28)19(29)26-12-22-15-10-20-11-21-16(15)26/h2-5,10-12,19,29H,6-9H2,1H3. The molecule has 1 saturated heterocycles. The van der Waals surface area contributed by atoms with Crippen LogP contribution in [-0.2, 0) is 0 Å². The minimum Gasteiger partial charge on any atom is -0.306 e. The molecular formula is C19H20N8OS. The van der Waals surface area contributed by atoms with E-state index in [0.717, 1.165) is 26.2 Å². The molecule has 9 nitrogen and oxygen atoms in total. The lowest BCUT2D eigenvalue weighted by atomic mass is 10.2. The smallest absolute Gasteiger partial charge is 0.280 e. The molecule has 4 heterocycles.